The van der Waals surface area contributed by atoms with Crippen molar-refractivity contribution in [1.82, 2.24) is 24.6 Å². The highest BCUT2D eigenvalue weighted by Gasteiger charge is 2.31. The molecule has 1 atom stereocenters. The van der Waals surface area contributed by atoms with Gasteiger partial charge in [0.15, 0.2) is 11.6 Å². The van der Waals surface area contributed by atoms with Crippen LogP contribution in [0, 0.1) is 5.92 Å². The lowest BCUT2D eigenvalue weighted by Gasteiger charge is -2.37. The molecule has 0 saturated carbocycles. The van der Waals surface area contributed by atoms with Crippen molar-refractivity contribution in [2.45, 2.75) is 25.8 Å². The molecule has 2 aliphatic heterocycles. The molecule has 1 aromatic carbocycles. The summed E-state index contributed by atoms with van der Waals surface area (Å²) in [7, 11) is 0. The number of carbonyl (C=O) groups is 1. The quantitative estimate of drug-likeness (QED) is 0.690. The fraction of sp³-hybridized carbons (Fsp3) is 0.364. The number of piperidine rings is 1. The molecular weight excluding hydrogens is 364 g/mol. The number of benzene rings is 1. The van der Waals surface area contributed by atoms with Crippen molar-refractivity contribution in [3.63, 3.8) is 0 Å². The zero-order valence-corrected chi connectivity index (χ0v) is 16.3. The molecule has 0 aliphatic carbocycles. The summed E-state index contributed by atoms with van der Waals surface area (Å²) in [6.45, 7) is 3.15. The summed E-state index contributed by atoms with van der Waals surface area (Å²) in [5, 5.41) is 8.71. The molecule has 0 radical (unpaired) electrons. The van der Waals surface area contributed by atoms with Crippen LogP contribution >= 0.6 is 0 Å². The summed E-state index contributed by atoms with van der Waals surface area (Å²) < 4.78 is 1.83. The Hall–Kier alpha value is -3.22. The lowest BCUT2D eigenvalue weighted by Crippen LogP contribution is -2.46. The fourth-order valence-corrected chi connectivity index (χ4v) is 4.35. The van der Waals surface area contributed by atoms with Gasteiger partial charge in [-0.1, -0.05) is 24.3 Å². The van der Waals surface area contributed by atoms with Gasteiger partial charge in [-0.25, -0.2) is 4.98 Å². The number of fused-ring (bicyclic) bond motifs is 1. The first-order chi connectivity index (χ1) is 14.3. The molecule has 2 aromatic heterocycles. The molecule has 29 heavy (non-hydrogen) atoms. The van der Waals surface area contributed by atoms with Gasteiger partial charge in [-0.2, -0.15) is 0 Å². The number of nitrogens with zero attached hydrogens (tertiary/aromatic N) is 6. The van der Waals surface area contributed by atoms with Crippen LogP contribution in [-0.4, -0.2) is 50.2 Å². The van der Waals surface area contributed by atoms with Crippen molar-refractivity contribution < 1.29 is 4.79 Å². The first-order valence-corrected chi connectivity index (χ1v) is 10.2. The summed E-state index contributed by atoms with van der Waals surface area (Å²) in [6.07, 6.45) is 8.14. The highest BCUT2D eigenvalue weighted by Crippen LogP contribution is 2.26. The van der Waals surface area contributed by atoms with E-state index >= 15 is 0 Å². The smallest absolute Gasteiger partial charge is 0.227 e. The molecule has 2 aliphatic rings. The van der Waals surface area contributed by atoms with Crippen molar-refractivity contribution in [2.24, 2.45) is 5.92 Å². The minimum absolute atomic E-state index is 0.0177. The largest absolute Gasteiger partial charge is 0.354 e. The summed E-state index contributed by atoms with van der Waals surface area (Å²) >= 11 is 0. The number of aromatic nitrogens is 4. The van der Waals surface area contributed by atoms with Crippen LogP contribution in [0.5, 0.6) is 0 Å². The van der Waals surface area contributed by atoms with E-state index in [-0.39, 0.29) is 11.8 Å². The Morgan fingerprint density at radius 3 is 2.62 bits per heavy atom. The Kier molecular flexibility index (Phi) is 4.71. The van der Waals surface area contributed by atoms with Crippen LogP contribution in [0.2, 0.25) is 0 Å². The van der Waals surface area contributed by atoms with Crippen LogP contribution in [0.15, 0.2) is 55.1 Å². The number of anilines is 1. The Balaban J connectivity index is 1.26. The van der Waals surface area contributed by atoms with Gasteiger partial charge in [0.2, 0.25) is 5.91 Å². The maximum Gasteiger partial charge on any atom is 0.227 e. The van der Waals surface area contributed by atoms with Crippen molar-refractivity contribution in [2.75, 3.05) is 24.5 Å². The number of amides is 1. The minimum Gasteiger partial charge on any atom is -0.354 e. The van der Waals surface area contributed by atoms with Gasteiger partial charge in [-0.3, -0.25) is 9.36 Å². The van der Waals surface area contributed by atoms with E-state index in [2.05, 4.69) is 44.3 Å². The first-order valence-electron chi connectivity index (χ1n) is 10.2. The molecule has 1 amide bonds. The van der Waals surface area contributed by atoms with E-state index in [1.54, 1.807) is 12.5 Å². The number of imidazole rings is 1. The van der Waals surface area contributed by atoms with Crippen LogP contribution < -0.4 is 4.90 Å². The van der Waals surface area contributed by atoms with E-state index in [1.807, 2.05) is 27.8 Å². The zero-order valence-electron chi connectivity index (χ0n) is 16.3. The highest BCUT2D eigenvalue weighted by atomic mass is 16.2. The lowest BCUT2D eigenvalue weighted by atomic mass is 9.94. The van der Waals surface area contributed by atoms with Crippen LogP contribution in [0.1, 0.15) is 24.0 Å². The molecule has 7 nitrogen and oxygen atoms in total. The second-order valence-corrected chi connectivity index (χ2v) is 7.78. The topological polar surface area (TPSA) is 67.2 Å². The van der Waals surface area contributed by atoms with Crippen LogP contribution in [0.25, 0.3) is 5.82 Å². The maximum absolute atomic E-state index is 13.2. The van der Waals surface area contributed by atoms with Crippen LogP contribution in [0.3, 0.4) is 0 Å². The molecule has 0 N–H and O–H groups in total. The van der Waals surface area contributed by atoms with Crippen LogP contribution in [0.4, 0.5) is 5.82 Å². The lowest BCUT2D eigenvalue weighted by molar-refractivity contribution is -0.136. The molecule has 148 valence electrons. The van der Waals surface area contributed by atoms with Crippen molar-refractivity contribution in [3.05, 3.63) is 66.2 Å². The zero-order chi connectivity index (χ0) is 19.6. The van der Waals surface area contributed by atoms with Gasteiger partial charge >= 0.3 is 0 Å². The molecule has 0 bridgehead atoms. The predicted molar refractivity (Wildman–Crippen MR) is 110 cm³/mol. The molecule has 1 fully saturated rings. The molecule has 7 heteroatoms. The van der Waals surface area contributed by atoms with Crippen molar-refractivity contribution >= 4 is 11.7 Å². The molecule has 4 heterocycles. The number of rotatable bonds is 3. The molecule has 5 rings (SSSR count). The first kappa shape index (κ1) is 17.8. The average molecular weight is 388 g/mol. The Morgan fingerprint density at radius 1 is 1.00 bits per heavy atom. The normalized spacial score (nSPS) is 19.1. The summed E-state index contributed by atoms with van der Waals surface area (Å²) in [6, 6.07) is 12.4. The van der Waals surface area contributed by atoms with Gasteiger partial charge in [-0.05, 0) is 42.5 Å². The maximum atomic E-state index is 13.2. The average Bonchev–Trinajstić information content (AvgIpc) is 3.33. The van der Waals surface area contributed by atoms with E-state index in [0.29, 0.717) is 6.54 Å². The minimum atomic E-state index is 0.0177. The van der Waals surface area contributed by atoms with E-state index in [9.17, 15) is 4.79 Å². The Morgan fingerprint density at radius 2 is 1.83 bits per heavy atom. The van der Waals surface area contributed by atoms with E-state index in [0.717, 1.165) is 50.5 Å². The standard InChI is InChI=1S/C22H24N6O/c29-22(27-12-9-17-4-1-2-5-18(17)14-27)19-6-3-11-26(15-19)20-7-8-21(25-24-20)28-13-10-23-16-28/h1-2,4-5,7-8,10,13,16,19H,3,6,9,11-12,14-15H2/t19-/m1/s1. The van der Waals surface area contributed by atoms with Crippen LogP contribution in [-0.2, 0) is 17.8 Å². The molecule has 3 aromatic rings. The van der Waals surface area contributed by atoms with Crippen molar-refractivity contribution in [3.8, 4) is 5.82 Å². The summed E-state index contributed by atoms with van der Waals surface area (Å²) in [5.41, 5.74) is 2.65. The van der Waals surface area contributed by atoms with Gasteiger partial charge in [0.1, 0.15) is 6.33 Å². The third-order valence-corrected chi connectivity index (χ3v) is 5.94. The third kappa shape index (κ3) is 3.60. The van der Waals surface area contributed by atoms with E-state index in [4.69, 9.17) is 0 Å². The van der Waals surface area contributed by atoms with E-state index < -0.39 is 0 Å². The van der Waals surface area contributed by atoms with Gasteiger partial charge in [0.25, 0.3) is 0 Å². The number of hydrogen-bond acceptors (Lipinski definition) is 5. The number of hydrogen-bond donors (Lipinski definition) is 0. The van der Waals surface area contributed by atoms with Crippen molar-refractivity contribution in [1.29, 1.82) is 0 Å². The predicted octanol–water partition coefficient (Wildman–Crippen LogP) is 2.46. The molecular formula is C22H24N6O. The van der Waals surface area contributed by atoms with Gasteiger partial charge in [0.05, 0.1) is 5.92 Å². The monoisotopic (exact) mass is 388 g/mol. The van der Waals surface area contributed by atoms with E-state index in [1.165, 1.54) is 11.1 Å². The molecule has 0 unspecified atom stereocenters. The number of carbonyl (C=O) groups excluding carboxylic acids is 1. The second kappa shape index (κ2) is 7.66. The Bertz CT molecular complexity index is 985. The summed E-state index contributed by atoms with van der Waals surface area (Å²) in [5.74, 6) is 1.86. The van der Waals surface area contributed by atoms with Gasteiger partial charge < -0.3 is 9.80 Å². The molecule has 1 saturated heterocycles. The van der Waals surface area contributed by atoms with Gasteiger partial charge in [0, 0.05) is 38.6 Å². The highest BCUT2D eigenvalue weighted by molar-refractivity contribution is 5.80. The SMILES string of the molecule is O=C([C@@H]1CCCN(c2ccc(-n3ccnc3)nn2)C1)N1CCc2ccccc2C1. The fourth-order valence-electron chi connectivity index (χ4n) is 4.35. The third-order valence-electron chi connectivity index (χ3n) is 5.94. The second-order valence-electron chi connectivity index (χ2n) is 7.78. The summed E-state index contributed by atoms with van der Waals surface area (Å²) in [4.78, 5) is 21.5. The Labute approximate surface area is 170 Å². The van der Waals surface area contributed by atoms with Gasteiger partial charge in [-0.15, -0.1) is 10.2 Å². The molecule has 0 spiro atoms.